The third kappa shape index (κ3) is 59.9. The molecule has 0 aromatic heterocycles. The zero-order valence-corrected chi connectivity index (χ0v) is 63.0. The van der Waals surface area contributed by atoms with E-state index in [-0.39, 0.29) is 52.5 Å². The van der Waals surface area contributed by atoms with Crippen LogP contribution < -0.4 is 39.0 Å². The summed E-state index contributed by atoms with van der Waals surface area (Å²) in [6, 6.07) is 25.0. The van der Waals surface area contributed by atoms with Gasteiger partial charge in [-0.05, 0) is 71.9 Å². The van der Waals surface area contributed by atoms with Crippen LogP contribution in [0.15, 0.2) is 72.8 Å². The summed E-state index contributed by atoms with van der Waals surface area (Å²) < 4.78 is 12.6. The van der Waals surface area contributed by atoms with E-state index in [0.717, 1.165) is 17.1 Å². The molecule has 2 N–H and O–H groups in total. The fourth-order valence-corrected chi connectivity index (χ4v) is 11.5. The molecule has 1 aliphatic carbocycles. The molecule has 0 heterocycles. The summed E-state index contributed by atoms with van der Waals surface area (Å²) in [4.78, 5) is 0. The van der Waals surface area contributed by atoms with E-state index in [1.165, 1.54) is 319 Å². The molecule has 1 saturated carbocycles. The Bertz CT molecular complexity index is 1700. The second-order valence-corrected chi connectivity index (χ2v) is 26.8. The Labute approximate surface area is 583 Å². The van der Waals surface area contributed by atoms with Crippen LogP contribution in [-0.2, 0) is 0 Å². The molecule has 4 rings (SSSR count). The first-order chi connectivity index (χ1) is 41.7. The molecule has 3 atom stereocenters. The number of hydrogen-bond donors (Lipinski definition) is 1. The van der Waals surface area contributed by atoms with Gasteiger partial charge in [0.2, 0.25) is 6.79 Å². The second kappa shape index (κ2) is 72.6. The van der Waals surface area contributed by atoms with Gasteiger partial charge < -0.3 is 20.1 Å². The smallest absolute Gasteiger partial charge is 0.870 e. The molecule has 1 aliphatic rings. The summed E-state index contributed by atoms with van der Waals surface area (Å²) in [5.74, 6) is 3.87. The fraction of sp³-hybridized carbons (Fsp3) is 0.769. The number of ether oxygens (including phenoxy) is 2. The van der Waals surface area contributed by atoms with Crippen LogP contribution >= 0.6 is 46.4 Å². The minimum absolute atomic E-state index is 0. The van der Waals surface area contributed by atoms with Gasteiger partial charge in [-0.2, -0.15) is 0 Å². The first kappa shape index (κ1) is 90.4. The number of phenolic OH excluding ortho intramolecular Hbond substituents is 1. The van der Waals surface area contributed by atoms with Crippen molar-refractivity contribution in [1.82, 2.24) is 0 Å². The van der Waals surface area contributed by atoms with Crippen LogP contribution in [0.25, 0.3) is 0 Å². The van der Waals surface area contributed by atoms with Gasteiger partial charge in [0.25, 0.3) is 0 Å². The van der Waals surface area contributed by atoms with Crippen molar-refractivity contribution in [2.24, 2.45) is 0 Å². The molecule has 0 bridgehead atoms. The normalized spacial score (nSPS) is 12.2. The predicted molar refractivity (Wildman–Crippen MR) is 386 cm³/mol. The summed E-state index contributed by atoms with van der Waals surface area (Å²) in [6.07, 6.45) is 67.3. The maximum Gasteiger partial charge on any atom is 1.00 e. The quantitative estimate of drug-likeness (QED) is 0.0265. The minimum atomic E-state index is 0. The SMILES string of the molecule is C1CC1.CCCCCCCCCCCCCCCCC(C)c1ccccc1O.CCCCCCCCCCCCCCCCC(C)c1ccccc1OCOc1ccccc1C(C)CCCCCCCCCCCCCCCC.ClCCl.ClCCl.[Na+].[OH-]. The van der Waals surface area contributed by atoms with Crippen LogP contribution in [0.5, 0.6) is 17.2 Å². The first-order valence-electron chi connectivity index (χ1n) is 36.2. The molecule has 0 aliphatic heterocycles. The molecular formula is C78H137Cl4NaO4. The van der Waals surface area contributed by atoms with Gasteiger partial charge in [-0.1, -0.05) is 385 Å². The minimum Gasteiger partial charge on any atom is -0.870 e. The van der Waals surface area contributed by atoms with Crippen molar-refractivity contribution in [2.75, 3.05) is 17.5 Å². The summed E-state index contributed by atoms with van der Waals surface area (Å²) in [5.41, 5.74) is 3.74. The third-order valence-electron chi connectivity index (χ3n) is 17.1. The average molecular weight is 1300 g/mol. The molecule has 9 heteroatoms. The van der Waals surface area contributed by atoms with E-state index in [0.29, 0.717) is 23.5 Å². The number of benzene rings is 3. The summed E-state index contributed by atoms with van der Waals surface area (Å²) in [6.45, 7) is 14.1. The van der Waals surface area contributed by atoms with Gasteiger partial charge in [0.15, 0.2) is 0 Å². The maximum atomic E-state index is 9.90. The Morgan fingerprint density at radius 1 is 0.322 bits per heavy atom. The Hall–Kier alpha value is -0.820. The summed E-state index contributed by atoms with van der Waals surface area (Å²) in [5, 5.41) is 10.3. The van der Waals surface area contributed by atoms with Crippen molar-refractivity contribution < 1.29 is 49.6 Å². The molecule has 4 nitrogen and oxygen atoms in total. The van der Waals surface area contributed by atoms with E-state index in [2.05, 4.69) is 96.1 Å². The van der Waals surface area contributed by atoms with Crippen molar-refractivity contribution in [2.45, 2.75) is 367 Å². The fourth-order valence-electron chi connectivity index (χ4n) is 11.5. The first-order valence-corrected chi connectivity index (χ1v) is 38.3. The molecule has 3 aromatic carbocycles. The summed E-state index contributed by atoms with van der Waals surface area (Å²) in [7, 11) is 0. The number of aromatic hydroxyl groups is 1. The van der Waals surface area contributed by atoms with E-state index in [1.807, 2.05) is 12.1 Å². The van der Waals surface area contributed by atoms with E-state index < -0.39 is 0 Å². The van der Waals surface area contributed by atoms with Crippen LogP contribution in [0, 0.1) is 0 Å². The van der Waals surface area contributed by atoms with E-state index in [1.54, 1.807) is 6.07 Å². The molecule has 0 saturated heterocycles. The molecule has 0 amide bonds. The van der Waals surface area contributed by atoms with Gasteiger partial charge in [0.1, 0.15) is 17.2 Å². The van der Waals surface area contributed by atoms with E-state index >= 15 is 0 Å². The van der Waals surface area contributed by atoms with E-state index in [9.17, 15) is 5.11 Å². The number of hydrogen-bond acceptors (Lipinski definition) is 4. The van der Waals surface area contributed by atoms with Crippen LogP contribution in [0.2, 0.25) is 0 Å². The second-order valence-electron chi connectivity index (χ2n) is 25.2. The van der Waals surface area contributed by atoms with Gasteiger partial charge >= 0.3 is 29.6 Å². The Morgan fingerprint density at radius 3 is 0.747 bits per heavy atom. The molecule has 502 valence electrons. The Balaban J connectivity index is -0.00000162. The molecule has 0 radical (unpaired) electrons. The largest absolute Gasteiger partial charge is 1.00 e. The van der Waals surface area contributed by atoms with Gasteiger partial charge in [0, 0.05) is 0 Å². The number of rotatable bonds is 52. The number of halogens is 4. The molecular weight excluding hydrogens is 1170 g/mol. The van der Waals surface area contributed by atoms with Gasteiger partial charge in [0.05, 0.1) is 10.7 Å². The van der Waals surface area contributed by atoms with Crippen molar-refractivity contribution in [3.8, 4) is 17.2 Å². The van der Waals surface area contributed by atoms with Crippen molar-refractivity contribution in [1.29, 1.82) is 0 Å². The van der Waals surface area contributed by atoms with Crippen LogP contribution in [0.4, 0.5) is 0 Å². The van der Waals surface area contributed by atoms with Gasteiger partial charge in [-0.15, -0.1) is 46.4 Å². The monoisotopic (exact) mass is 1300 g/mol. The number of phenols is 1. The Kier molecular flexibility index (Phi) is 75.4. The standard InChI is InChI=1S/C49H84O2.C24H42O.C3H6.2CH2Cl2.Na.H2O/c1-5-7-9-11-13-15-17-19-21-23-25-27-29-31-37-44(3)46-39-33-35-41-48(46)50-43-51-49-42-36-34-40-47(49)45(4)38-32-30-28-26-24-22-20-18-16-14-12-10-8-6-2;1-3-4-5-6-7-8-9-10-11-12-13-14-15-16-19-22(2)23-20-17-18-21-24(23)25;1-2-3-1;2*2-1-3;;/h33-36,39-42,44-45H,5-32,37-38,43H2,1-4H3;17-18,20-22,25H,3-16,19H2,1-2H3;1-3H2;2*1H2;;1H2/q;;;;;+1;/p-1. The Morgan fingerprint density at radius 2 is 0.517 bits per heavy atom. The van der Waals surface area contributed by atoms with E-state index in [4.69, 9.17) is 55.9 Å². The predicted octanol–water partition coefficient (Wildman–Crippen LogP) is 26.3. The molecule has 1 fully saturated rings. The topological polar surface area (TPSA) is 68.7 Å². The molecule has 3 unspecified atom stereocenters. The summed E-state index contributed by atoms with van der Waals surface area (Å²) >= 11 is 19.1. The maximum absolute atomic E-state index is 9.90. The number of unbranched alkanes of at least 4 members (excludes halogenated alkanes) is 39. The van der Waals surface area contributed by atoms with Crippen LogP contribution in [0.3, 0.4) is 0 Å². The zero-order valence-electron chi connectivity index (χ0n) is 57.9. The van der Waals surface area contributed by atoms with Gasteiger partial charge in [-0.25, -0.2) is 0 Å². The number of para-hydroxylation sites is 3. The van der Waals surface area contributed by atoms with Crippen LogP contribution in [-0.4, -0.2) is 28.1 Å². The third-order valence-corrected chi connectivity index (χ3v) is 17.1. The van der Waals surface area contributed by atoms with Crippen molar-refractivity contribution in [3.05, 3.63) is 89.5 Å². The molecule has 3 aromatic rings. The molecule has 0 spiro atoms. The average Bonchev–Trinajstić information content (AvgIpc) is 4.60. The van der Waals surface area contributed by atoms with Crippen molar-refractivity contribution in [3.63, 3.8) is 0 Å². The molecule has 87 heavy (non-hydrogen) atoms. The van der Waals surface area contributed by atoms with Gasteiger partial charge in [-0.3, -0.25) is 0 Å². The van der Waals surface area contributed by atoms with Crippen LogP contribution in [0.1, 0.15) is 384 Å². The zero-order chi connectivity index (χ0) is 62.2. The number of alkyl halides is 4. The van der Waals surface area contributed by atoms with Crippen molar-refractivity contribution >= 4 is 46.4 Å².